The Kier molecular flexibility index (Phi) is 5.72. The van der Waals surface area contributed by atoms with Crippen molar-refractivity contribution in [2.24, 2.45) is 0 Å². The van der Waals surface area contributed by atoms with Crippen molar-refractivity contribution in [3.8, 4) is 0 Å². The lowest BCUT2D eigenvalue weighted by Gasteiger charge is -2.18. The van der Waals surface area contributed by atoms with Gasteiger partial charge in [-0.25, -0.2) is 9.97 Å². The van der Waals surface area contributed by atoms with Crippen molar-refractivity contribution in [3.05, 3.63) is 11.9 Å². The van der Waals surface area contributed by atoms with Crippen LogP contribution in [0.15, 0.2) is 6.07 Å². The van der Waals surface area contributed by atoms with Crippen LogP contribution in [0.5, 0.6) is 0 Å². The van der Waals surface area contributed by atoms with E-state index in [-0.39, 0.29) is 5.41 Å². The lowest BCUT2D eigenvalue weighted by molar-refractivity contribution is 0.546. The summed E-state index contributed by atoms with van der Waals surface area (Å²) in [6.07, 6.45) is 2.59. The minimum absolute atomic E-state index is 0.0891. The molecule has 6 heteroatoms. The summed E-state index contributed by atoms with van der Waals surface area (Å²) in [6, 6.07) is 1.89. The summed E-state index contributed by atoms with van der Waals surface area (Å²) in [5.74, 6) is 3.14. The van der Waals surface area contributed by atoms with Crippen LogP contribution in [0.2, 0.25) is 0 Å². The van der Waals surface area contributed by atoms with E-state index < -0.39 is 10.8 Å². The fourth-order valence-corrected chi connectivity index (χ4v) is 2.04. The number of hydrogen-bond acceptors (Lipinski definition) is 5. The van der Waals surface area contributed by atoms with Gasteiger partial charge in [-0.3, -0.25) is 4.21 Å². The van der Waals surface area contributed by atoms with E-state index in [0.29, 0.717) is 5.75 Å². The third-order valence-corrected chi connectivity index (χ3v) is 3.43. The quantitative estimate of drug-likeness (QED) is 0.782. The second-order valence-electron chi connectivity index (χ2n) is 5.52. The summed E-state index contributed by atoms with van der Waals surface area (Å²) >= 11 is 0. The normalized spacial score (nSPS) is 13.1. The topological polar surface area (TPSA) is 66.9 Å². The van der Waals surface area contributed by atoms with Crippen LogP contribution >= 0.6 is 0 Å². The van der Waals surface area contributed by atoms with Gasteiger partial charge in [0.2, 0.25) is 0 Å². The van der Waals surface area contributed by atoms with Gasteiger partial charge < -0.3 is 10.6 Å². The Morgan fingerprint density at radius 3 is 2.42 bits per heavy atom. The third kappa shape index (κ3) is 5.55. The molecule has 0 saturated heterocycles. The minimum Gasteiger partial charge on any atom is -0.373 e. The molecule has 0 aromatic carbocycles. The summed E-state index contributed by atoms with van der Waals surface area (Å²) in [5, 5.41) is 6.31. The van der Waals surface area contributed by atoms with E-state index in [2.05, 4.69) is 41.4 Å². The van der Waals surface area contributed by atoms with Gasteiger partial charge in [0.15, 0.2) is 0 Å². The first-order chi connectivity index (χ1) is 8.82. The Morgan fingerprint density at radius 1 is 1.26 bits per heavy atom. The lowest BCUT2D eigenvalue weighted by atomic mass is 9.96. The molecule has 1 aromatic heterocycles. The van der Waals surface area contributed by atoms with Crippen LogP contribution < -0.4 is 10.6 Å². The summed E-state index contributed by atoms with van der Waals surface area (Å²) in [4.78, 5) is 9.00. The molecule has 1 atom stereocenters. The van der Waals surface area contributed by atoms with Crippen molar-refractivity contribution in [2.45, 2.75) is 32.6 Å². The average Bonchev–Trinajstić information content (AvgIpc) is 2.33. The van der Waals surface area contributed by atoms with Gasteiger partial charge in [-0.2, -0.15) is 0 Å². The van der Waals surface area contributed by atoms with Gasteiger partial charge in [0, 0.05) is 47.9 Å². The standard InChI is InChI=1S/C13H24N4OS/c1-13(2,3)12-16-10(14-4)9-11(17-12)15-7-6-8-19(5)18/h9H,6-8H2,1-5H3,(H2,14,15,16,17). The molecule has 0 amide bonds. The molecule has 19 heavy (non-hydrogen) atoms. The second-order valence-corrected chi connectivity index (χ2v) is 7.07. The number of rotatable bonds is 6. The summed E-state index contributed by atoms with van der Waals surface area (Å²) in [5.41, 5.74) is -0.0891. The molecule has 0 fully saturated rings. The zero-order valence-corrected chi connectivity index (χ0v) is 13.2. The van der Waals surface area contributed by atoms with Gasteiger partial charge in [-0.15, -0.1) is 0 Å². The number of nitrogens with zero attached hydrogens (tertiary/aromatic N) is 2. The molecule has 0 bridgehead atoms. The van der Waals surface area contributed by atoms with Gasteiger partial charge in [-0.1, -0.05) is 20.8 Å². The molecule has 0 aliphatic heterocycles. The molecule has 0 spiro atoms. The molecule has 1 aromatic rings. The minimum atomic E-state index is -0.733. The molecule has 2 N–H and O–H groups in total. The zero-order chi connectivity index (χ0) is 14.5. The van der Waals surface area contributed by atoms with Gasteiger partial charge in [-0.05, 0) is 6.42 Å². The second kappa shape index (κ2) is 6.84. The van der Waals surface area contributed by atoms with Crippen LogP contribution in [0.3, 0.4) is 0 Å². The molecule has 1 unspecified atom stereocenters. The maximum absolute atomic E-state index is 11.0. The summed E-state index contributed by atoms with van der Waals surface area (Å²) in [6.45, 7) is 7.03. The number of anilines is 2. The van der Waals surface area contributed by atoms with Crippen LogP contribution in [-0.4, -0.2) is 39.8 Å². The van der Waals surface area contributed by atoms with E-state index in [1.54, 1.807) is 6.26 Å². The molecule has 1 heterocycles. The van der Waals surface area contributed by atoms with E-state index in [0.717, 1.165) is 30.4 Å². The molecular weight excluding hydrogens is 260 g/mol. The van der Waals surface area contributed by atoms with Crippen LogP contribution in [0.4, 0.5) is 11.6 Å². The summed E-state index contributed by atoms with van der Waals surface area (Å²) < 4.78 is 11.0. The summed E-state index contributed by atoms with van der Waals surface area (Å²) in [7, 11) is 1.11. The van der Waals surface area contributed by atoms with Crippen LogP contribution in [0, 0.1) is 0 Å². The van der Waals surface area contributed by atoms with Crippen LogP contribution in [0.25, 0.3) is 0 Å². The Hall–Kier alpha value is -1.17. The highest BCUT2D eigenvalue weighted by atomic mass is 32.2. The van der Waals surface area contributed by atoms with E-state index >= 15 is 0 Å². The fourth-order valence-electron chi connectivity index (χ4n) is 1.49. The Morgan fingerprint density at radius 2 is 1.89 bits per heavy atom. The van der Waals surface area contributed by atoms with E-state index in [1.165, 1.54) is 0 Å². The third-order valence-electron chi connectivity index (χ3n) is 2.57. The molecule has 0 radical (unpaired) electrons. The molecule has 0 saturated carbocycles. The molecule has 108 valence electrons. The zero-order valence-electron chi connectivity index (χ0n) is 12.4. The Bertz CT molecular complexity index is 443. The van der Waals surface area contributed by atoms with Crippen molar-refractivity contribution in [1.82, 2.24) is 9.97 Å². The predicted octanol–water partition coefficient (Wildman–Crippen LogP) is 2.00. The van der Waals surface area contributed by atoms with E-state index in [1.807, 2.05) is 13.1 Å². The number of nitrogens with one attached hydrogen (secondary N) is 2. The number of hydrogen-bond donors (Lipinski definition) is 2. The average molecular weight is 284 g/mol. The monoisotopic (exact) mass is 284 g/mol. The first-order valence-electron chi connectivity index (χ1n) is 6.44. The van der Waals surface area contributed by atoms with Gasteiger partial charge in [0.05, 0.1) is 0 Å². The van der Waals surface area contributed by atoms with Crippen molar-refractivity contribution in [3.63, 3.8) is 0 Å². The molecule has 5 nitrogen and oxygen atoms in total. The smallest absolute Gasteiger partial charge is 0.138 e. The maximum atomic E-state index is 11.0. The van der Waals surface area contributed by atoms with E-state index in [9.17, 15) is 4.21 Å². The Labute approximate surface area is 118 Å². The Balaban J connectivity index is 2.74. The fraction of sp³-hybridized carbons (Fsp3) is 0.692. The lowest BCUT2D eigenvalue weighted by Crippen LogP contribution is -2.18. The van der Waals surface area contributed by atoms with Crippen molar-refractivity contribution >= 4 is 22.4 Å². The van der Waals surface area contributed by atoms with Gasteiger partial charge in [0.25, 0.3) is 0 Å². The first-order valence-corrected chi connectivity index (χ1v) is 8.17. The van der Waals surface area contributed by atoms with Crippen molar-refractivity contribution in [2.75, 3.05) is 36.2 Å². The van der Waals surface area contributed by atoms with Gasteiger partial charge in [0.1, 0.15) is 17.5 Å². The van der Waals surface area contributed by atoms with Crippen molar-refractivity contribution in [1.29, 1.82) is 0 Å². The van der Waals surface area contributed by atoms with Gasteiger partial charge >= 0.3 is 0 Å². The van der Waals surface area contributed by atoms with Crippen LogP contribution in [-0.2, 0) is 16.2 Å². The highest BCUT2D eigenvalue weighted by Crippen LogP contribution is 2.22. The largest absolute Gasteiger partial charge is 0.373 e. The SMILES string of the molecule is CNc1cc(NCCCS(C)=O)nc(C(C)(C)C)n1. The predicted molar refractivity (Wildman–Crippen MR) is 82.3 cm³/mol. The molecular formula is C13H24N4OS. The van der Waals surface area contributed by atoms with Crippen molar-refractivity contribution < 1.29 is 4.21 Å². The molecule has 0 aliphatic carbocycles. The highest BCUT2D eigenvalue weighted by molar-refractivity contribution is 7.84. The first kappa shape index (κ1) is 15.9. The van der Waals surface area contributed by atoms with E-state index in [4.69, 9.17) is 0 Å². The molecule has 0 aliphatic rings. The number of aromatic nitrogens is 2. The maximum Gasteiger partial charge on any atom is 0.138 e. The molecule has 1 rings (SSSR count). The highest BCUT2D eigenvalue weighted by Gasteiger charge is 2.18. The van der Waals surface area contributed by atoms with Crippen LogP contribution in [0.1, 0.15) is 33.0 Å².